The molecule has 4 aliphatic heterocycles. The molecule has 0 aromatic carbocycles. The molecular weight excluding hydrogens is 913 g/mol. The van der Waals surface area contributed by atoms with Crippen LogP contribution >= 0.6 is 11.8 Å². The molecule has 0 aromatic rings. The average molecular weight is 995 g/mol. The number of ether oxygens (including phenoxy) is 8. The Labute approximate surface area is 421 Å². The van der Waals surface area contributed by atoms with Gasteiger partial charge in [0, 0.05) is 68.4 Å². The van der Waals surface area contributed by atoms with E-state index in [1.807, 2.05) is 24.1 Å². The van der Waals surface area contributed by atoms with Crippen LogP contribution in [0, 0.1) is 29.6 Å². The minimum atomic E-state index is -0.285. The summed E-state index contributed by atoms with van der Waals surface area (Å²) in [6.45, 7) is 8.54. The van der Waals surface area contributed by atoms with Gasteiger partial charge in [-0.25, -0.2) is 0 Å². The first kappa shape index (κ1) is 52.7. The van der Waals surface area contributed by atoms with E-state index in [1.165, 1.54) is 31.9 Å². The van der Waals surface area contributed by atoms with E-state index in [4.69, 9.17) is 38.2 Å². The van der Waals surface area contributed by atoms with E-state index in [9.17, 15) is 14.4 Å². The first-order valence-electron chi connectivity index (χ1n) is 26.6. The summed E-state index contributed by atoms with van der Waals surface area (Å²) >= 11 is 1.89. The van der Waals surface area contributed by atoms with Gasteiger partial charge in [0.2, 0.25) is 11.8 Å². The molecule has 4 aliphatic carbocycles. The molecule has 0 aromatic heterocycles. The van der Waals surface area contributed by atoms with E-state index in [1.54, 1.807) is 14.2 Å². The van der Waals surface area contributed by atoms with Crippen LogP contribution in [0.1, 0.15) is 109 Å². The summed E-state index contributed by atoms with van der Waals surface area (Å²) in [6.07, 6.45) is 21.7. The van der Waals surface area contributed by atoms with E-state index in [-0.39, 0.29) is 66.3 Å². The second-order valence-electron chi connectivity index (χ2n) is 20.7. The van der Waals surface area contributed by atoms with E-state index in [0.717, 1.165) is 98.9 Å². The van der Waals surface area contributed by atoms with Gasteiger partial charge in [0.25, 0.3) is 0 Å². The standard InChI is InChI=1S/C54H82N4O11S/c1-5-6-7-11-40-13-14-41-31-55-45-29-50(48(62-2)27-43(45)53(60)57(40)41)68-33-36-23-37(25-38(24-36)35-70-22-21-67-20-19-66-18-17-65-16-15-52(59)64-4)34-69-51-30-46-44(28-49(51)63-3)54(61)58-42(32-56-46)26-39-10-8-9-12-47(39)58/h5,24,31,37-47,56H,1,6-23,25-30,32-35H2,2-4H3/t37-,38+,39+,40-,41-,42-,43+,44-,45?,46+,47+/m0/s1. The highest BCUT2D eigenvalue weighted by molar-refractivity contribution is 7.99. The van der Waals surface area contributed by atoms with Crippen LogP contribution in [0.4, 0.5) is 0 Å². The molecule has 3 saturated heterocycles. The molecule has 4 heterocycles. The van der Waals surface area contributed by atoms with Crippen LogP contribution in [0.15, 0.2) is 52.3 Å². The number of aliphatic imine (C=N–C) groups is 1. The van der Waals surface area contributed by atoms with Crippen LogP contribution in [0.25, 0.3) is 0 Å². The second kappa shape index (κ2) is 26.4. The number of carbonyl (C=O) groups is 3. The third kappa shape index (κ3) is 13.3. The first-order valence-corrected chi connectivity index (χ1v) is 27.8. The normalized spacial score (nSPS) is 31.7. The number of nitrogens with one attached hydrogen (secondary N) is 1. The molecule has 1 unspecified atom stereocenters. The molecule has 390 valence electrons. The quantitative estimate of drug-likeness (QED) is 0.0530. The summed E-state index contributed by atoms with van der Waals surface area (Å²) in [6, 6.07) is 0.851. The number of hydrogen-bond donors (Lipinski definition) is 1. The largest absolute Gasteiger partial charge is 0.498 e. The Hall–Kier alpha value is -3.57. The lowest BCUT2D eigenvalue weighted by atomic mass is 9.82. The third-order valence-corrected chi connectivity index (χ3v) is 17.4. The summed E-state index contributed by atoms with van der Waals surface area (Å²) < 4.78 is 47.1. The predicted octanol–water partition coefficient (Wildman–Crippen LogP) is 7.15. The fourth-order valence-electron chi connectivity index (χ4n) is 12.8. The summed E-state index contributed by atoms with van der Waals surface area (Å²) in [4.78, 5) is 49.2. The number of hydrogen-bond acceptors (Lipinski definition) is 14. The van der Waals surface area contributed by atoms with Crippen molar-refractivity contribution < 1.29 is 52.3 Å². The fourth-order valence-corrected chi connectivity index (χ4v) is 13.7. The topological polar surface area (TPSA) is 156 Å². The van der Waals surface area contributed by atoms with E-state index in [0.29, 0.717) is 102 Å². The summed E-state index contributed by atoms with van der Waals surface area (Å²) in [7, 11) is 4.78. The van der Waals surface area contributed by atoms with Crippen LogP contribution in [0.5, 0.6) is 0 Å². The zero-order valence-corrected chi connectivity index (χ0v) is 43.1. The Morgan fingerprint density at radius 1 is 0.829 bits per heavy atom. The van der Waals surface area contributed by atoms with Gasteiger partial charge in [-0.1, -0.05) is 25.0 Å². The van der Waals surface area contributed by atoms with Gasteiger partial charge in [-0.3, -0.25) is 19.4 Å². The number of esters is 1. The molecule has 4 fully saturated rings. The number of amides is 2. The van der Waals surface area contributed by atoms with Crippen LogP contribution < -0.4 is 5.32 Å². The Morgan fingerprint density at radius 3 is 2.36 bits per heavy atom. The Kier molecular flexibility index (Phi) is 19.9. The van der Waals surface area contributed by atoms with Crippen LogP contribution in [0.3, 0.4) is 0 Å². The van der Waals surface area contributed by atoms with Crippen LogP contribution in [0.2, 0.25) is 0 Å². The molecule has 8 aliphatic rings. The lowest BCUT2D eigenvalue weighted by Gasteiger charge is -2.37. The third-order valence-electron chi connectivity index (χ3n) is 16.3. The molecule has 1 N–H and O–H groups in total. The maximum absolute atomic E-state index is 14.3. The fraction of sp³-hybridized carbons (Fsp3) is 0.778. The smallest absolute Gasteiger partial charge is 0.307 e. The highest BCUT2D eigenvalue weighted by atomic mass is 32.2. The molecule has 0 bridgehead atoms. The summed E-state index contributed by atoms with van der Waals surface area (Å²) in [5, 5.41) is 3.84. The minimum Gasteiger partial charge on any atom is -0.498 e. The number of allylic oxidation sites excluding steroid dienone is 4. The highest BCUT2D eigenvalue weighted by Crippen LogP contribution is 2.45. The zero-order chi connectivity index (χ0) is 48.8. The summed E-state index contributed by atoms with van der Waals surface area (Å²) in [5.41, 5.74) is 1.24. The average Bonchev–Trinajstić information content (AvgIpc) is 3.90. The van der Waals surface area contributed by atoms with Gasteiger partial charge >= 0.3 is 5.97 Å². The van der Waals surface area contributed by atoms with E-state index < -0.39 is 0 Å². The minimum absolute atomic E-state index is 0.0347. The van der Waals surface area contributed by atoms with Crippen molar-refractivity contribution >= 4 is 35.8 Å². The van der Waals surface area contributed by atoms with Crippen LogP contribution in [-0.4, -0.2) is 162 Å². The molecular formula is C54H82N4O11S. The first-order chi connectivity index (χ1) is 34.3. The van der Waals surface area contributed by atoms with Gasteiger partial charge in [-0.05, 0) is 93.3 Å². The maximum Gasteiger partial charge on any atom is 0.307 e. The van der Waals surface area contributed by atoms with Crippen molar-refractivity contribution in [3.63, 3.8) is 0 Å². The van der Waals surface area contributed by atoms with E-state index in [2.05, 4.69) is 32.5 Å². The molecule has 8 rings (SSSR count). The zero-order valence-electron chi connectivity index (χ0n) is 42.3. The maximum atomic E-state index is 14.3. The molecule has 0 radical (unpaired) electrons. The van der Waals surface area contributed by atoms with E-state index >= 15 is 0 Å². The van der Waals surface area contributed by atoms with Crippen LogP contribution in [-0.2, 0) is 52.3 Å². The lowest BCUT2D eigenvalue weighted by molar-refractivity contribution is -0.142. The van der Waals surface area contributed by atoms with Crippen molar-refractivity contribution in [2.24, 2.45) is 34.6 Å². The van der Waals surface area contributed by atoms with Crippen molar-refractivity contribution in [1.29, 1.82) is 0 Å². The van der Waals surface area contributed by atoms with Gasteiger partial charge < -0.3 is 53.0 Å². The van der Waals surface area contributed by atoms with Gasteiger partial charge in [0.15, 0.2) is 0 Å². The van der Waals surface area contributed by atoms with Gasteiger partial charge in [0.05, 0.1) is 97.9 Å². The van der Waals surface area contributed by atoms with Gasteiger partial charge in [-0.15, -0.1) is 6.58 Å². The van der Waals surface area contributed by atoms with Crippen molar-refractivity contribution in [3.8, 4) is 0 Å². The monoisotopic (exact) mass is 995 g/mol. The number of carbonyl (C=O) groups excluding carboxylic acids is 3. The molecule has 70 heavy (non-hydrogen) atoms. The number of fused-ring (bicyclic) bond motifs is 6. The molecule has 0 spiro atoms. The van der Waals surface area contributed by atoms with Gasteiger partial charge in [-0.2, -0.15) is 11.8 Å². The Morgan fingerprint density at radius 2 is 1.57 bits per heavy atom. The van der Waals surface area contributed by atoms with Crippen molar-refractivity contribution in [2.75, 3.05) is 92.2 Å². The number of unbranched alkanes of at least 4 members (excludes halogenated alkanes) is 1. The number of methoxy groups -OCH3 is 3. The second-order valence-corrected chi connectivity index (χ2v) is 21.9. The molecule has 11 atom stereocenters. The lowest BCUT2D eigenvalue weighted by Crippen LogP contribution is -2.48. The van der Waals surface area contributed by atoms with Crippen molar-refractivity contribution in [2.45, 2.75) is 145 Å². The van der Waals surface area contributed by atoms with Crippen molar-refractivity contribution in [1.82, 2.24) is 15.1 Å². The van der Waals surface area contributed by atoms with Gasteiger partial charge in [0.1, 0.15) is 29.6 Å². The van der Waals surface area contributed by atoms with Crippen molar-refractivity contribution in [3.05, 3.63) is 47.3 Å². The Bertz CT molecular complexity index is 1910. The number of rotatable bonds is 26. The molecule has 1 saturated carbocycles. The molecule has 16 heteroatoms. The molecule has 2 amide bonds. The highest BCUT2D eigenvalue weighted by Gasteiger charge is 2.51. The summed E-state index contributed by atoms with van der Waals surface area (Å²) in [5.74, 6) is 6.11. The number of nitrogens with zero attached hydrogens (tertiary/aromatic N) is 3. The SMILES string of the molecule is C=CCCC[C@H]1CC[C@H]2C=NC3CC(OCC4=C[C@@H](CSCCOCCOCCOCCC(=O)OC)C[C@@H](COC5=C(OC)C[C@@H]6C(=O)N7[C@H](CN[C@@H]6C5)C[C@H]5CCCC[C@H]57)C4)=C(OC)C[C@H]3C(=O)N12. The number of thioether (sulfide) groups is 1. The predicted molar refractivity (Wildman–Crippen MR) is 269 cm³/mol. The molecule has 15 nitrogen and oxygen atoms in total. The Balaban J connectivity index is 0.867.